The molecule has 90 valence electrons. The normalized spacial score (nSPS) is 9.82. The lowest BCUT2D eigenvalue weighted by molar-refractivity contribution is 0.0780. The van der Waals surface area contributed by atoms with E-state index in [9.17, 15) is 13.6 Å². The summed E-state index contributed by atoms with van der Waals surface area (Å²) in [6, 6.07) is 1.92. The summed E-state index contributed by atoms with van der Waals surface area (Å²) < 4.78 is 26.5. The summed E-state index contributed by atoms with van der Waals surface area (Å²) in [6.45, 7) is 3.69. The lowest BCUT2D eigenvalue weighted by atomic mass is 10.1. The maximum absolute atomic E-state index is 13.5. The molecule has 4 heteroatoms. The number of nitrogens with zero attached hydrogens (tertiary/aromatic N) is 1. The van der Waals surface area contributed by atoms with Crippen molar-refractivity contribution < 1.29 is 13.6 Å². The number of hydrogen-bond acceptors (Lipinski definition) is 1. The van der Waals surface area contributed by atoms with Crippen LogP contribution in [0.1, 0.15) is 22.8 Å². The van der Waals surface area contributed by atoms with Gasteiger partial charge in [0.15, 0.2) is 0 Å². The first-order valence-corrected chi connectivity index (χ1v) is 5.19. The van der Waals surface area contributed by atoms with Crippen LogP contribution in [0.2, 0.25) is 0 Å². The van der Waals surface area contributed by atoms with Crippen molar-refractivity contribution in [1.82, 2.24) is 4.90 Å². The van der Waals surface area contributed by atoms with Gasteiger partial charge in [-0.3, -0.25) is 4.79 Å². The molecule has 1 aromatic rings. The number of aryl methyl sites for hydroxylation is 1. The molecule has 1 amide bonds. The van der Waals surface area contributed by atoms with Crippen LogP contribution >= 0.6 is 0 Å². The molecule has 0 aliphatic heterocycles. The predicted molar refractivity (Wildman–Crippen MR) is 61.5 cm³/mol. The summed E-state index contributed by atoms with van der Waals surface area (Å²) in [5.41, 5.74) is 0.0764. The molecule has 0 aliphatic rings. The number of halogens is 2. The van der Waals surface area contributed by atoms with Crippen molar-refractivity contribution >= 4 is 5.91 Å². The first-order valence-electron chi connectivity index (χ1n) is 5.19. The van der Waals surface area contributed by atoms with Gasteiger partial charge in [-0.25, -0.2) is 8.78 Å². The smallest absolute Gasteiger partial charge is 0.257 e. The van der Waals surface area contributed by atoms with E-state index in [2.05, 4.69) is 5.92 Å². The summed E-state index contributed by atoms with van der Waals surface area (Å²) in [6.07, 6.45) is 5.12. The van der Waals surface area contributed by atoms with Crippen molar-refractivity contribution in [3.8, 4) is 12.3 Å². The third-order valence-corrected chi connectivity index (χ3v) is 2.43. The average molecular weight is 237 g/mol. The quantitative estimate of drug-likeness (QED) is 0.739. The fourth-order valence-corrected chi connectivity index (χ4v) is 1.43. The zero-order valence-electron chi connectivity index (χ0n) is 9.76. The van der Waals surface area contributed by atoms with Crippen LogP contribution in [0.15, 0.2) is 12.1 Å². The van der Waals surface area contributed by atoms with E-state index in [1.165, 1.54) is 17.9 Å². The van der Waals surface area contributed by atoms with Crippen molar-refractivity contribution in [1.29, 1.82) is 0 Å². The Morgan fingerprint density at radius 2 is 2.06 bits per heavy atom. The molecule has 0 fully saturated rings. The van der Waals surface area contributed by atoms with Gasteiger partial charge in [0.1, 0.15) is 11.6 Å². The van der Waals surface area contributed by atoms with Gasteiger partial charge in [-0.05, 0) is 25.5 Å². The molecule has 0 N–H and O–H groups in total. The number of rotatable bonds is 3. The van der Waals surface area contributed by atoms with Crippen LogP contribution in [0, 0.1) is 30.9 Å². The molecule has 0 unspecified atom stereocenters. The highest BCUT2D eigenvalue weighted by Crippen LogP contribution is 2.16. The summed E-state index contributed by atoms with van der Waals surface area (Å²) >= 11 is 0. The second-order valence-corrected chi connectivity index (χ2v) is 3.60. The predicted octanol–water partition coefficient (Wildman–Crippen LogP) is 2.37. The van der Waals surface area contributed by atoms with Crippen molar-refractivity contribution in [2.45, 2.75) is 13.8 Å². The molecule has 0 aliphatic carbocycles. The largest absolute Gasteiger partial charge is 0.328 e. The summed E-state index contributed by atoms with van der Waals surface area (Å²) in [5, 5.41) is 0. The first-order chi connectivity index (χ1) is 8.01. The summed E-state index contributed by atoms with van der Waals surface area (Å²) in [5.74, 6) is 0.267. The maximum Gasteiger partial charge on any atom is 0.257 e. The Morgan fingerprint density at radius 1 is 1.41 bits per heavy atom. The highest BCUT2D eigenvalue weighted by Gasteiger charge is 2.18. The molecule has 0 saturated heterocycles. The molecular weight excluding hydrogens is 224 g/mol. The minimum atomic E-state index is -0.867. The van der Waals surface area contributed by atoms with Crippen LogP contribution in [0.4, 0.5) is 8.78 Å². The maximum atomic E-state index is 13.5. The first kappa shape index (κ1) is 13.2. The molecule has 17 heavy (non-hydrogen) atoms. The van der Waals surface area contributed by atoms with Gasteiger partial charge in [0.2, 0.25) is 0 Å². The fraction of sp³-hybridized carbons (Fsp3) is 0.308. The van der Waals surface area contributed by atoms with Crippen molar-refractivity contribution in [2.75, 3.05) is 13.1 Å². The van der Waals surface area contributed by atoms with Gasteiger partial charge in [-0.1, -0.05) is 5.92 Å². The van der Waals surface area contributed by atoms with Gasteiger partial charge in [-0.2, -0.15) is 0 Å². The van der Waals surface area contributed by atoms with E-state index in [-0.39, 0.29) is 17.7 Å². The molecule has 0 spiro atoms. The van der Waals surface area contributed by atoms with Gasteiger partial charge in [-0.15, -0.1) is 6.42 Å². The van der Waals surface area contributed by atoms with Crippen LogP contribution in [-0.2, 0) is 0 Å². The Balaban J connectivity index is 3.12. The molecule has 0 heterocycles. The Labute approximate surface area is 99.2 Å². The number of amides is 1. The highest BCUT2D eigenvalue weighted by molar-refractivity contribution is 5.94. The number of benzene rings is 1. The minimum Gasteiger partial charge on any atom is -0.328 e. The molecule has 0 saturated carbocycles. The zero-order valence-corrected chi connectivity index (χ0v) is 9.76. The SMILES string of the molecule is C#CCN(CC)C(=O)c1cc(C)c(F)cc1F. The van der Waals surface area contributed by atoms with Crippen LogP contribution in [0.3, 0.4) is 0 Å². The Kier molecular flexibility index (Phi) is 4.22. The van der Waals surface area contributed by atoms with Crippen LogP contribution in [-0.4, -0.2) is 23.9 Å². The Hall–Kier alpha value is -1.89. The lowest BCUT2D eigenvalue weighted by Gasteiger charge is -2.18. The number of terminal acetylenes is 1. The number of carbonyl (C=O) groups is 1. The van der Waals surface area contributed by atoms with Crippen LogP contribution < -0.4 is 0 Å². The third-order valence-electron chi connectivity index (χ3n) is 2.43. The molecule has 0 aromatic heterocycles. The fourth-order valence-electron chi connectivity index (χ4n) is 1.43. The van der Waals surface area contributed by atoms with Gasteiger partial charge in [0.05, 0.1) is 12.1 Å². The molecule has 1 aromatic carbocycles. The van der Waals surface area contributed by atoms with E-state index < -0.39 is 17.5 Å². The van der Waals surface area contributed by atoms with Gasteiger partial charge in [0, 0.05) is 12.6 Å². The average Bonchev–Trinajstić information content (AvgIpc) is 2.30. The van der Waals surface area contributed by atoms with Gasteiger partial charge >= 0.3 is 0 Å². The zero-order chi connectivity index (χ0) is 13.0. The van der Waals surface area contributed by atoms with E-state index in [0.717, 1.165) is 0 Å². The third kappa shape index (κ3) is 2.82. The van der Waals surface area contributed by atoms with E-state index in [1.54, 1.807) is 6.92 Å². The van der Waals surface area contributed by atoms with Gasteiger partial charge in [0.25, 0.3) is 5.91 Å². The highest BCUT2D eigenvalue weighted by atomic mass is 19.1. The minimum absolute atomic E-state index is 0.102. The molecule has 0 bridgehead atoms. The molecule has 1 rings (SSSR count). The number of hydrogen-bond donors (Lipinski definition) is 0. The monoisotopic (exact) mass is 237 g/mol. The second kappa shape index (κ2) is 5.44. The standard InChI is InChI=1S/C13H13F2NO/c1-4-6-16(5-2)13(17)10-7-9(3)11(14)8-12(10)15/h1,7-8H,5-6H2,2-3H3. The summed E-state index contributed by atoms with van der Waals surface area (Å²) in [4.78, 5) is 13.2. The lowest BCUT2D eigenvalue weighted by Crippen LogP contribution is -2.31. The Morgan fingerprint density at radius 3 is 2.59 bits per heavy atom. The molecule has 0 atom stereocenters. The molecule has 0 radical (unpaired) electrons. The van der Waals surface area contributed by atoms with Crippen molar-refractivity contribution in [2.24, 2.45) is 0 Å². The van der Waals surface area contributed by atoms with Crippen molar-refractivity contribution in [3.63, 3.8) is 0 Å². The van der Waals surface area contributed by atoms with Crippen LogP contribution in [0.5, 0.6) is 0 Å². The van der Waals surface area contributed by atoms with E-state index in [1.807, 2.05) is 0 Å². The Bertz CT molecular complexity index is 477. The van der Waals surface area contributed by atoms with Crippen LogP contribution in [0.25, 0.3) is 0 Å². The van der Waals surface area contributed by atoms with Crippen molar-refractivity contribution in [3.05, 3.63) is 34.9 Å². The second-order valence-electron chi connectivity index (χ2n) is 3.60. The van der Waals surface area contributed by atoms with Gasteiger partial charge < -0.3 is 4.90 Å². The van der Waals surface area contributed by atoms with E-state index in [4.69, 9.17) is 6.42 Å². The molecule has 2 nitrogen and oxygen atoms in total. The topological polar surface area (TPSA) is 20.3 Å². The summed E-state index contributed by atoms with van der Waals surface area (Å²) in [7, 11) is 0. The molecular formula is C13H13F2NO. The van der Waals surface area contributed by atoms with E-state index >= 15 is 0 Å². The number of carbonyl (C=O) groups excluding carboxylic acids is 1. The van der Waals surface area contributed by atoms with E-state index in [0.29, 0.717) is 12.6 Å².